The van der Waals surface area contributed by atoms with Crippen molar-refractivity contribution in [3.8, 4) is 0 Å². The van der Waals surface area contributed by atoms with E-state index in [2.05, 4.69) is 64.8 Å². The molecule has 2 heterocycles. The van der Waals surface area contributed by atoms with Crippen molar-refractivity contribution in [1.82, 2.24) is 5.32 Å². The molecule has 2 unspecified atom stereocenters. The third-order valence-electron chi connectivity index (χ3n) is 5.25. The van der Waals surface area contributed by atoms with E-state index in [-0.39, 0.29) is 30.9 Å². The van der Waals surface area contributed by atoms with Gasteiger partial charge in [-0.2, -0.15) is 0 Å². The monoisotopic (exact) mass is 394 g/mol. The molecule has 142 valence electrons. The Kier molecular flexibility index (Phi) is 8.23. The molecule has 2 atom stereocenters. The molecule has 3 nitrogen and oxygen atoms in total. The van der Waals surface area contributed by atoms with Crippen molar-refractivity contribution >= 4 is 30.5 Å². The van der Waals surface area contributed by atoms with Gasteiger partial charge < -0.3 is 15.0 Å². The van der Waals surface area contributed by atoms with Crippen molar-refractivity contribution in [3.63, 3.8) is 0 Å². The number of piperazine rings is 1. The first-order valence-corrected chi connectivity index (χ1v) is 9.13. The lowest BCUT2D eigenvalue weighted by Gasteiger charge is -2.36. The lowest BCUT2D eigenvalue weighted by molar-refractivity contribution is 0.0333. The van der Waals surface area contributed by atoms with E-state index in [9.17, 15) is 0 Å². The normalized spacial score (nSPS) is 21.9. The van der Waals surface area contributed by atoms with Crippen molar-refractivity contribution in [2.75, 3.05) is 31.1 Å². The lowest BCUT2D eigenvalue weighted by Crippen LogP contribution is -2.50. The van der Waals surface area contributed by atoms with Crippen LogP contribution in [0.5, 0.6) is 0 Å². The maximum absolute atomic E-state index is 6.07. The van der Waals surface area contributed by atoms with Crippen molar-refractivity contribution in [3.05, 3.63) is 65.7 Å². The number of hydrogen-bond donors (Lipinski definition) is 1. The Morgan fingerprint density at radius 3 is 2.58 bits per heavy atom. The Bertz CT molecular complexity index is 668. The summed E-state index contributed by atoms with van der Waals surface area (Å²) in [4.78, 5) is 2.50. The van der Waals surface area contributed by atoms with Crippen LogP contribution in [0.2, 0.25) is 0 Å². The van der Waals surface area contributed by atoms with Gasteiger partial charge >= 0.3 is 0 Å². The van der Waals surface area contributed by atoms with Crippen LogP contribution in [0.1, 0.15) is 30.1 Å². The van der Waals surface area contributed by atoms with Crippen LogP contribution in [0.15, 0.2) is 54.6 Å². The molecule has 0 bridgehead atoms. The molecule has 2 aromatic carbocycles. The summed E-state index contributed by atoms with van der Waals surface area (Å²) >= 11 is 0. The summed E-state index contributed by atoms with van der Waals surface area (Å²) in [7, 11) is 0. The molecule has 0 amide bonds. The van der Waals surface area contributed by atoms with Crippen molar-refractivity contribution in [2.24, 2.45) is 0 Å². The van der Waals surface area contributed by atoms with Gasteiger partial charge in [0.15, 0.2) is 0 Å². The zero-order chi connectivity index (χ0) is 16.2. The van der Waals surface area contributed by atoms with E-state index in [1.807, 2.05) is 0 Å². The predicted octanol–water partition coefficient (Wildman–Crippen LogP) is 4.40. The van der Waals surface area contributed by atoms with E-state index >= 15 is 0 Å². The number of rotatable bonds is 4. The average Bonchev–Trinajstić information content (AvgIpc) is 2.67. The third-order valence-corrected chi connectivity index (χ3v) is 5.25. The van der Waals surface area contributed by atoms with Gasteiger partial charge in [0.1, 0.15) is 0 Å². The van der Waals surface area contributed by atoms with Gasteiger partial charge in [-0.15, -0.1) is 24.8 Å². The summed E-state index contributed by atoms with van der Waals surface area (Å²) in [6.07, 6.45) is 3.57. The summed E-state index contributed by atoms with van der Waals surface area (Å²) < 4.78 is 6.07. The van der Waals surface area contributed by atoms with Gasteiger partial charge in [0.25, 0.3) is 0 Å². The zero-order valence-electron chi connectivity index (χ0n) is 15.0. The van der Waals surface area contributed by atoms with Gasteiger partial charge in [-0.25, -0.2) is 0 Å². The SMILES string of the molecule is Cl.Cl.c1ccc(N2CCNC(CCC3OCCc4ccccc43)C2)cc1. The molecule has 1 saturated heterocycles. The first kappa shape index (κ1) is 21.0. The summed E-state index contributed by atoms with van der Waals surface area (Å²) in [5.74, 6) is 0. The number of nitrogens with zero attached hydrogens (tertiary/aromatic N) is 1. The van der Waals surface area contributed by atoms with E-state index in [0.717, 1.165) is 45.5 Å². The van der Waals surface area contributed by atoms with Gasteiger partial charge in [0.2, 0.25) is 0 Å². The molecule has 2 aliphatic heterocycles. The second kappa shape index (κ2) is 10.2. The number of nitrogens with one attached hydrogen (secondary N) is 1. The highest BCUT2D eigenvalue weighted by atomic mass is 35.5. The Morgan fingerprint density at radius 2 is 1.73 bits per heavy atom. The van der Waals surface area contributed by atoms with Crippen molar-refractivity contribution < 1.29 is 4.74 Å². The number of fused-ring (bicyclic) bond motifs is 1. The Balaban J connectivity index is 0.00000121. The van der Waals surface area contributed by atoms with Crippen molar-refractivity contribution in [1.29, 1.82) is 0 Å². The van der Waals surface area contributed by atoms with E-state index in [0.29, 0.717) is 6.04 Å². The number of para-hydroxylation sites is 1. The fourth-order valence-electron chi connectivity index (χ4n) is 3.96. The largest absolute Gasteiger partial charge is 0.373 e. The van der Waals surface area contributed by atoms with Gasteiger partial charge in [-0.1, -0.05) is 42.5 Å². The molecule has 0 saturated carbocycles. The first-order valence-electron chi connectivity index (χ1n) is 9.13. The molecule has 4 rings (SSSR count). The highest BCUT2D eigenvalue weighted by Gasteiger charge is 2.24. The minimum Gasteiger partial charge on any atom is -0.373 e. The second-order valence-electron chi connectivity index (χ2n) is 6.82. The number of benzene rings is 2. The summed E-state index contributed by atoms with van der Waals surface area (Å²) in [6.45, 7) is 4.08. The molecule has 2 aliphatic rings. The predicted molar refractivity (Wildman–Crippen MR) is 113 cm³/mol. The number of hydrogen-bond acceptors (Lipinski definition) is 3. The van der Waals surface area contributed by atoms with E-state index in [1.165, 1.54) is 16.8 Å². The van der Waals surface area contributed by atoms with Gasteiger partial charge in [0.05, 0.1) is 12.7 Å². The van der Waals surface area contributed by atoms with Crippen LogP contribution in [0.25, 0.3) is 0 Å². The summed E-state index contributed by atoms with van der Waals surface area (Å²) in [5.41, 5.74) is 4.21. The third kappa shape index (κ3) is 4.92. The Labute approximate surface area is 168 Å². The van der Waals surface area contributed by atoms with E-state index in [4.69, 9.17) is 4.74 Å². The van der Waals surface area contributed by atoms with Crippen LogP contribution in [-0.4, -0.2) is 32.3 Å². The average molecular weight is 395 g/mol. The fourth-order valence-corrected chi connectivity index (χ4v) is 3.96. The van der Waals surface area contributed by atoms with Crippen LogP contribution in [0.4, 0.5) is 5.69 Å². The van der Waals surface area contributed by atoms with E-state index < -0.39 is 0 Å². The maximum Gasteiger partial charge on any atom is 0.0828 e. The standard InChI is InChI=1S/C21H26N2O.2ClH/c1-2-7-19(8-3-1)23-14-13-22-18(16-23)10-11-21-20-9-5-4-6-17(20)12-15-24-21;;/h1-9,18,21-22H,10-16H2;2*1H. The molecule has 2 aromatic rings. The molecule has 26 heavy (non-hydrogen) atoms. The topological polar surface area (TPSA) is 24.5 Å². The van der Waals surface area contributed by atoms with Crippen LogP contribution in [-0.2, 0) is 11.2 Å². The van der Waals surface area contributed by atoms with Gasteiger partial charge in [-0.05, 0) is 42.5 Å². The first-order chi connectivity index (χ1) is 11.9. The summed E-state index contributed by atoms with van der Waals surface area (Å²) in [5, 5.41) is 3.69. The minimum atomic E-state index is 0. The van der Waals surface area contributed by atoms with E-state index in [1.54, 1.807) is 0 Å². The molecule has 0 aromatic heterocycles. The quantitative estimate of drug-likeness (QED) is 0.831. The smallest absolute Gasteiger partial charge is 0.0828 e. The number of halogens is 2. The highest BCUT2D eigenvalue weighted by molar-refractivity contribution is 5.85. The molecular formula is C21H28Cl2N2O. The van der Waals surface area contributed by atoms with Crippen molar-refractivity contribution in [2.45, 2.75) is 31.4 Å². The lowest BCUT2D eigenvalue weighted by atomic mass is 9.93. The van der Waals surface area contributed by atoms with Crippen LogP contribution in [0, 0.1) is 0 Å². The van der Waals surface area contributed by atoms with Gasteiger partial charge in [0, 0.05) is 31.4 Å². The Morgan fingerprint density at radius 1 is 0.962 bits per heavy atom. The summed E-state index contributed by atoms with van der Waals surface area (Å²) in [6, 6.07) is 20.1. The van der Waals surface area contributed by atoms with Gasteiger partial charge in [-0.3, -0.25) is 0 Å². The molecule has 5 heteroatoms. The highest BCUT2D eigenvalue weighted by Crippen LogP contribution is 2.31. The molecule has 1 N–H and O–H groups in total. The molecule has 1 fully saturated rings. The van der Waals surface area contributed by atoms with Crippen LogP contribution in [0.3, 0.4) is 0 Å². The zero-order valence-corrected chi connectivity index (χ0v) is 16.6. The van der Waals surface area contributed by atoms with Crippen LogP contribution >= 0.6 is 24.8 Å². The minimum absolute atomic E-state index is 0. The fraction of sp³-hybridized carbons (Fsp3) is 0.429. The number of anilines is 1. The molecule has 0 spiro atoms. The molecular weight excluding hydrogens is 367 g/mol. The Hall–Kier alpha value is -1.26. The maximum atomic E-state index is 6.07. The number of ether oxygens (including phenoxy) is 1. The van der Waals surface area contributed by atoms with Crippen LogP contribution < -0.4 is 10.2 Å². The molecule has 0 radical (unpaired) electrons. The second-order valence-corrected chi connectivity index (χ2v) is 6.82. The molecule has 0 aliphatic carbocycles.